The van der Waals surface area contributed by atoms with E-state index in [4.69, 9.17) is 5.73 Å². The molecule has 0 heterocycles. The third kappa shape index (κ3) is 1.45. The molecule has 0 aromatic heterocycles. The number of nitrogens with two attached hydrogens (primary N) is 1. The van der Waals surface area contributed by atoms with Crippen LogP contribution in [0.15, 0.2) is 0 Å². The van der Waals surface area contributed by atoms with Gasteiger partial charge in [0.1, 0.15) is 0 Å². The van der Waals surface area contributed by atoms with Gasteiger partial charge in [0.25, 0.3) is 6.43 Å². The second-order valence-electron chi connectivity index (χ2n) is 3.09. The molecule has 3 heteroatoms. The van der Waals surface area contributed by atoms with Crippen LogP contribution in [0.3, 0.4) is 0 Å². The summed E-state index contributed by atoms with van der Waals surface area (Å²) in [6, 6.07) is 0. The fourth-order valence-corrected chi connectivity index (χ4v) is 1.43. The summed E-state index contributed by atoms with van der Waals surface area (Å²) in [5, 5.41) is 0. The highest BCUT2D eigenvalue weighted by Crippen LogP contribution is 2.30. The highest BCUT2D eigenvalue weighted by atomic mass is 19.3. The van der Waals surface area contributed by atoms with Crippen molar-refractivity contribution in [3.63, 3.8) is 0 Å². The molecule has 0 spiro atoms. The third-order valence-corrected chi connectivity index (χ3v) is 2.22. The van der Waals surface area contributed by atoms with E-state index in [-0.39, 0.29) is 0 Å². The van der Waals surface area contributed by atoms with Crippen LogP contribution in [0, 0.1) is 0 Å². The van der Waals surface area contributed by atoms with Crippen LogP contribution in [0.25, 0.3) is 0 Å². The van der Waals surface area contributed by atoms with E-state index in [9.17, 15) is 8.78 Å². The molecule has 1 aliphatic carbocycles. The zero-order valence-corrected chi connectivity index (χ0v) is 5.95. The van der Waals surface area contributed by atoms with Crippen LogP contribution in [-0.4, -0.2) is 12.0 Å². The van der Waals surface area contributed by atoms with Gasteiger partial charge in [-0.3, -0.25) is 0 Å². The molecule has 0 saturated heterocycles. The van der Waals surface area contributed by atoms with Gasteiger partial charge in [-0.15, -0.1) is 0 Å². The number of alkyl halides is 2. The van der Waals surface area contributed by atoms with Gasteiger partial charge in [-0.2, -0.15) is 0 Å². The second kappa shape index (κ2) is 2.82. The quantitative estimate of drug-likeness (QED) is 0.605. The monoisotopic (exact) mass is 149 g/mol. The van der Waals surface area contributed by atoms with Gasteiger partial charge in [0.15, 0.2) is 0 Å². The Kier molecular flexibility index (Phi) is 2.24. The Morgan fingerprint density at radius 2 is 1.60 bits per heavy atom. The first-order valence-corrected chi connectivity index (χ1v) is 3.72. The van der Waals surface area contributed by atoms with E-state index in [0.717, 1.165) is 19.3 Å². The van der Waals surface area contributed by atoms with Crippen LogP contribution in [-0.2, 0) is 0 Å². The maximum atomic E-state index is 12.2. The summed E-state index contributed by atoms with van der Waals surface area (Å²) in [7, 11) is 0. The maximum Gasteiger partial charge on any atom is 0.256 e. The smallest absolute Gasteiger partial charge is 0.256 e. The fraction of sp³-hybridized carbons (Fsp3) is 1.00. The first-order valence-electron chi connectivity index (χ1n) is 3.72. The normalized spacial score (nSPS) is 25.2. The molecule has 0 bridgehead atoms. The number of hydrogen-bond acceptors (Lipinski definition) is 1. The van der Waals surface area contributed by atoms with Crippen molar-refractivity contribution in [2.75, 3.05) is 0 Å². The lowest BCUT2D eigenvalue weighted by molar-refractivity contribution is 0.0315. The van der Waals surface area contributed by atoms with E-state index in [0.29, 0.717) is 12.8 Å². The minimum atomic E-state index is -2.34. The van der Waals surface area contributed by atoms with Crippen LogP contribution in [0.1, 0.15) is 32.1 Å². The zero-order chi connectivity index (χ0) is 7.61. The average molecular weight is 149 g/mol. The second-order valence-corrected chi connectivity index (χ2v) is 3.09. The van der Waals surface area contributed by atoms with Gasteiger partial charge in [-0.1, -0.05) is 19.3 Å². The predicted octanol–water partition coefficient (Wildman–Crippen LogP) is 1.91. The zero-order valence-electron chi connectivity index (χ0n) is 5.95. The van der Waals surface area contributed by atoms with Crippen molar-refractivity contribution in [3.05, 3.63) is 0 Å². The molecule has 60 valence electrons. The standard InChI is InChI=1S/C7H13F2N/c8-6(9)7(10)4-2-1-3-5-7/h6H,1-5,10H2. The molecule has 2 N–H and O–H groups in total. The lowest BCUT2D eigenvalue weighted by Gasteiger charge is -2.32. The van der Waals surface area contributed by atoms with Gasteiger partial charge in [0.05, 0.1) is 5.54 Å². The van der Waals surface area contributed by atoms with Crippen molar-refractivity contribution < 1.29 is 8.78 Å². The lowest BCUT2D eigenvalue weighted by atomic mass is 9.83. The first-order chi connectivity index (χ1) is 4.65. The third-order valence-electron chi connectivity index (χ3n) is 2.22. The molecule has 1 nitrogen and oxygen atoms in total. The van der Waals surface area contributed by atoms with Gasteiger partial charge >= 0.3 is 0 Å². The topological polar surface area (TPSA) is 26.0 Å². The number of hydrogen-bond donors (Lipinski definition) is 1. The van der Waals surface area contributed by atoms with Crippen molar-refractivity contribution >= 4 is 0 Å². The van der Waals surface area contributed by atoms with Gasteiger partial charge in [0, 0.05) is 0 Å². The Balaban J connectivity index is 2.48. The van der Waals surface area contributed by atoms with Crippen LogP contribution in [0.2, 0.25) is 0 Å². The van der Waals surface area contributed by atoms with Crippen LogP contribution >= 0.6 is 0 Å². The van der Waals surface area contributed by atoms with Gasteiger partial charge in [-0.25, -0.2) is 8.78 Å². The number of rotatable bonds is 1. The maximum absolute atomic E-state index is 12.2. The van der Waals surface area contributed by atoms with E-state index >= 15 is 0 Å². The van der Waals surface area contributed by atoms with Crippen molar-refractivity contribution in [3.8, 4) is 0 Å². The van der Waals surface area contributed by atoms with Crippen molar-refractivity contribution in [1.82, 2.24) is 0 Å². The Morgan fingerprint density at radius 3 is 1.90 bits per heavy atom. The molecule has 0 atom stereocenters. The van der Waals surface area contributed by atoms with E-state index in [1.165, 1.54) is 0 Å². The summed E-state index contributed by atoms with van der Waals surface area (Å²) in [5.41, 5.74) is 4.30. The molecule has 10 heavy (non-hydrogen) atoms. The van der Waals surface area contributed by atoms with E-state index in [2.05, 4.69) is 0 Å². The molecule has 0 aliphatic heterocycles. The Labute approximate surface area is 59.6 Å². The largest absolute Gasteiger partial charge is 0.320 e. The molecule has 1 aliphatic rings. The average Bonchev–Trinajstić information content (AvgIpc) is 1.89. The molecular weight excluding hydrogens is 136 g/mol. The summed E-state index contributed by atoms with van der Waals surface area (Å²) in [6.45, 7) is 0. The number of halogens is 2. The molecule has 0 radical (unpaired) electrons. The molecular formula is C7H13F2N. The van der Waals surface area contributed by atoms with Crippen molar-refractivity contribution in [1.29, 1.82) is 0 Å². The van der Waals surface area contributed by atoms with E-state index in [1.54, 1.807) is 0 Å². The molecule has 1 fully saturated rings. The lowest BCUT2D eigenvalue weighted by Crippen LogP contribution is -2.48. The molecule has 0 amide bonds. The first kappa shape index (κ1) is 7.92. The van der Waals surface area contributed by atoms with E-state index < -0.39 is 12.0 Å². The Bertz CT molecular complexity index is 108. The predicted molar refractivity (Wildman–Crippen MR) is 36.0 cm³/mol. The fourth-order valence-electron chi connectivity index (χ4n) is 1.43. The molecule has 1 rings (SSSR count). The van der Waals surface area contributed by atoms with Crippen molar-refractivity contribution in [2.45, 2.75) is 44.1 Å². The van der Waals surface area contributed by atoms with Crippen LogP contribution in [0.5, 0.6) is 0 Å². The van der Waals surface area contributed by atoms with Gasteiger partial charge < -0.3 is 5.73 Å². The summed E-state index contributed by atoms with van der Waals surface area (Å²) in [4.78, 5) is 0. The van der Waals surface area contributed by atoms with Gasteiger partial charge in [0.2, 0.25) is 0 Å². The van der Waals surface area contributed by atoms with E-state index in [1.807, 2.05) is 0 Å². The summed E-state index contributed by atoms with van der Waals surface area (Å²) in [5.74, 6) is 0. The summed E-state index contributed by atoms with van der Waals surface area (Å²) < 4.78 is 24.4. The molecule has 0 aromatic rings. The SMILES string of the molecule is NC1(C(F)F)CCCCC1. The van der Waals surface area contributed by atoms with Gasteiger partial charge in [-0.05, 0) is 12.8 Å². The molecule has 0 aromatic carbocycles. The molecule has 0 unspecified atom stereocenters. The summed E-state index contributed by atoms with van der Waals surface area (Å²) in [6.07, 6.45) is 1.43. The minimum absolute atomic E-state index is 0.491. The van der Waals surface area contributed by atoms with Crippen molar-refractivity contribution in [2.24, 2.45) is 5.73 Å². The molecule has 1 saturated carbocycles. The van der Waals surface area contributed by atoms with Crippen LogP contribution < -0.4 is 5.73 Å². The summed E-state index contributed by atoms with van der Waals surface area (Å²) >= 11 is 0. The Hall–Kier alpha value is -0.180. The highest BCUT2D eigenvalue weighted by molar-refractivity contribution is 4.89. The highest BCUT2D eigenvalue weighted by Gasteiger charge is 2.36. The van der Waals surface area contributed by atoms with Crippen LogP contribution in [0.4, 0.5) is 8.78 Å². The Morgan fingerprint density at radius 1 is 1.10 bits per heavy atom. The minimum Gasteiger partial charge on any atom is -0.320 e.